The lowest BCUT2D eigenvalue weighted by Gasteiger charge is -2.37. The van der Waals surface area contributed by atoms with Crippen molar-refractivity contribution in [3.63, 3.8) is 0 Å². The largest absolute Gasteiger partial charge is 0.357 e. The zero-order valence-corrected chi connectivity index (χ0v) is 12.5. The van der Waals surface area contributed by atoms with Crippen LogP contribution in [0.3, 0.4) is 0 Å². The molecule has 0 aliphatic carbocycles. The first-order chi connectivity index (χ1) is 10.2. The fourth-order valence-electron chi connectivity index (χ4n) is 2.63. The molecule has 2 N–H and O–H groups in total. The summed E-state index contributed by atoms with van der Waals surface area (Å²) in [7, 11) is 0. The number of anilines is 1. The molecule has 0 saturated carbocycles. The number of benzene rings is 1. The van der Waals surface area contributed by atoms with E-state index in [1.165, 1.54) is 0 Å². The van der Waals surface area contributed by atoms with Gasteiger partial charge in [-0.2, -0.15) is 5.10 Å². The molecule has 0 amide bonds. The van der Waals surface area contributed by atoms with Gasteiger partial charge in [-0.25, -0.2) is 0 Å². The number of hydrogen-bond acceptors (Lipinski definition) is 4. The molecule has 0 bridgehead atoms. The number of aryl methyl sites for hydroxylation is 1. The van der Waals surface area contributed by atoms with Crippen LogP contribution in [-0.2, 0) is 0 Å². The lowest BCUT2D eigenvalue weighted by molar-refractivity contribution is 0.0946. The second-order valence-electron chi connectivity index (χ2n) is 5.17. The van der Waals surface area contributed by atoms with Crippen molar-refractivity contribution < 1.29 is 4.79 Å². The maximum Gasteiger partial charge on any atom is 0.206 e. The number of carbonyl (C=O) groups excluding carboxylic acids is 1. The summed E-state index contributed by atoms with van der Waals surface area (Å²) in [5.74, 6) is 0.00599. The van der Waals surface area contributed by atoms with Gasteiger partial charge in [-0.1, -0.05) is 23.7 Å². The molecule has 5 nitrogen and oxygen atoms in total. The van der Waals surface area contributed by atoms with Crippen LogP contribution in [0.1, 0.15) is 16.2 Å². The summed E-state index contributed by atoms with van der Waals surface area (Å²) in [6.45, 7) is 4.04. The number of nitrogens with one attached hydrogen (secondary N) is 2. The molecule has 1 saturated heterocycles. The van der Waals surface area contributed by atoms with Crippen molar-refractivity contribution in [2.75, 3.05) is 24.5 Å². The number of aromatic nitrogens is 2. The Balaban J connectivity index is 1.92. The zero-order valence-electron chi connectivity index (χ0n) is 11.8. The second-order valence-corrected chi connectivity index (χ2v) is 5.57. The van der Waals surface area contributed by atoms with Gasteiger partial charge in [0.1, 0.15) is 11.7 Å². The number of halogens is 1. The SMILES string of the molecule is Cc1cc(C(=O)C2CNCCN2c2ccccc2Cl)n[nH]1. The van der Waals surface area contributed by atoms with E-state index in [2.05, 4.69) is 20.4 Å². The third kappa shape index (κ3) is 2.80. The van der Waals surface area contributed by atoms with Crippen molar-refractivity contribution >= 4 is 23.1 Å². The summed E-state index contributed by atoms with van der Waals surface area (Å²) in [6.07, 6.45) is 0. The third-order valence-electron chi connectivity index (χ3n) is 3.67. The van der Waals surface area contributed by atoms with Gasteiger partial charge in [-0.3, -0.25) is 9.89 Å². The normalized spacial score (nSPS) is 18.8. The van der Waals surface area contributed by atoms with Crippen molar-refractivity contribution in [3.05, 3.63) is 46.7 Å². The first-order valence-corrected chi connectivity index (χ1v) is 7.33. The Morgan fingerprint density at radius 3 is 2.95 bits per heavy atom. The number of Topliss-reactive ketones (excluding diaryl/α,β-unsaturated/α-hetero) is 1. The van der Waals surface area contributed by atoms with Gasteiger partial charge in [-0.15, -0.1) is 0 Å². The standard InChI is InChI=1S/C15H17ClN4O/c1-10-8-12(19-18-10)15(21)14-9-17-6-7-20(14)13-5-3-2-4-11(13)16/h2-5,8,14,17H,6-7,9H2,1H3,(H,18,19). The minimum atomic E-state index is -0.290. The second kappa shape index (κ2) is 5.87. The van der Waals surface area contributed by atoms with Crippen LogP contribution in [0, 0.1) is 6.92 Å². The van der Waals surface area contributed by atoms with Crippen LogP contribution in [0.5, 0.6) is 0 Å². The molecule has 2 aromatic rings. The molecule has 1 aliphatic heterocycles. The van der Waals surface area contributed by atoms with Crippen LogP contribution in [0.4, 0.5) is 5.69 Å². The molecule has 0 spiro atoms. The van der Waals surface area contributed by atoms with E-state index < -0.39 is 0 Å². The molecule has 1 fully saturated rings. The average Bonchev–Trinajstić information content (AvgIpc) is 2.94. The number of H-pyrrole nitrogens is 1. The van der Waals surface area contributed by atoms with Crippen LogP contribution in [0.2, 0.25) is 5.02 Å². The first kappa shape index (κ1) is 14.1. The highest BCUT2D eigenvalue weighted by molar-refractivity contribution is 6.33. The lowest BCUT2D eigenvalue weighted by atomic mass is 10.0. The van der Waals surface area contributed by atoms with E-state index in [1.54, 1.807) is 6.07 Å². The molecule has 1 aliphatic rings. The molecule has 1 unspecified atom stereocenters. The van der Waals surface area contributed by atoms with Crippen molar-refractivity contribution in [1.29, 1.82) is 0 Å². The van der Waals surface area contributed by atoms with E-state index in [-0.39, 0.29) is 11.8 Å². The van der Waals surface area contributed by atoms with E-state index in [0.29, 0.717) is 17.3 Å². The fraction of sp³-hybridized carbons (Fsp3) is 0.333. The van der Waals surface area contributed by atoms with E-state index >= 15 is 0 Å². The molecule has 2 heterocycles. The molecular formula is C15H17ClN4O. The van der Waals surface area contributed by atoms with E-state index in [4.69, 9.17) is 11.6 Å². The minimum absolute atomic E-state index is 0.00599. The van der Waals surface area contributed by atoms with E-state index in [9.17, 15) is 4.79 Å². The van der Waals surface area contributed by atoms with Gasteiger partial charge in [0, 0.05) is 25.3 Å². The Bertz CT molecular complexity index is 655. The maximum atomic E-state index is 12.7. The Hall–Kier alpha value is -1.85. The third-order valence-corrected chi connectivity index (χ3v) is 3.99. The smallest absolute Gasteiger partial charge is 0.206 e. The van der Waals surface area contributed by atoms with Crippen molar-refractivity contribution in [2.24, 2.45) is 0 Å². The molecule has 0 radical (unpaired) electrons. The topological polar surface area (TPSA) is 61.0 Å². The Labute approximate surface area is 128 Å². The quantitative estimate of drug-likeness (QED) is 0.852. The van der Waals surface area contributed by atoms with Crippen LogP contribution in [-0.4, -0.2) is 41.7 Å². The van der Waals surface area contributed by atoms with Gasteiger partial charge in [-0.05, 0) is 25.1 Å². The summed E-state index contributed by atoms with van der Waals surface area (Å²) in [4.78, 5) is 14.8. The summed E-state index contributed by atoms with van der Waals surface area (Å²) in [5.41, 5.74) is 2.25. The number of rotatable bonds is 3. The van der Waals surface area contributed by atoms with Crippen molar-refractivity contribution in [3.8, 4) is 0 Å². The van der Waals surface area contributed by atoms with Crippen LogP contribution in [0.15, 0.2) is 30.3 Å². The minimum Gasteiger partial charge on any atom is -0.357 e. The Morgan fingerprint density at radius 1 is 1.43 bits per heavy atom. The summed E-state index contributed by atoms with van der Waals surface area (Å²) in [6, 6.07) is 9.11. The van der Waals surface area contributed by atoms with E-state index in [1.807, 2.05) is 31.2 Å². The first-order valence-electron chi connectivity index (χ1n) is 6.95. The number of piperazine rings is 1. The highest BCUT2D eigenvalue weighted by atomic mass is 35.5. The predicted molar refractivity (Wildman–Crippen MR) is 83.1 cm³/mol. The molecule has 1 aromatic carbocycles. The summed E-state index contributed by atoms with van der Waals surface area (Å²) < 4.78 is 0. The van der Waals surface area contributed by atoms with Crippen molar-refractivity contribution in [1.82, 2.24) is 15.5 Å². The van der Waals surface area contributed by atoms with Crippen LogP contribution >= 0.6 is 11.6 Å². The number of nitrogens with zero attached hydrogens (tertiary/aromatic N) is 2. The zero-order chi connectivity index (χ0) is 14.8. The maximum absolute atomic E-state index is 12.7. The van der Waals surface area contributed by atoms with Crippen LogP contribution < -0.4 is 10.2 Å². The highest BCUT2D eigenvalue weighted by Gasteiger charge is 2.31. The molecule has 110 valence electrons. The highest BCUT2D eigenvalue weighted by Crippen LogP contribution is 2.28. The van der Waals surface area contributed by atoms with E-state index in [0.717, 1.165) is 24.5 Å². The Morgan fingerprint density at radius 2 is 2.24 bits per heavy atom. The summed E-state index contributed by atoms with van der Waals surface area (Å²) >= 11 is 6.28. The number of hydrogen-bond donors (Lipinski definition) is 2. The summed E-state index contributed by atoms with van der Waals surface area (Å²) in [5, 5.41) is 10.8. The van der Waals surface area contributed by atoms with Gasteiger partial charge in [0.05, 0.1) is 10.7 Å². The average molecular weight is 305 g/mol. The number of aromatic amines is 1. The van der Waals surface area contributed by atoms with Gasteiger partial charge in [0.25, 0.3) is 0 Å². The molecule has 1 aromatic heterocycles. The van der Waals surface area contributed by atoms with Gasteiger partial charge in [0.2, 0.25) is 5.78 Å². The predicted octanol–water partition coefficient (Wildman–Crippen LogP) is 2.03. The number of carbonyl (C=O) groups is 1. The fourth-order valence-corrected chi connectivity index (χ4v) is 2.87. The molecular weight excluding hydrogens is 288 g/mol. The molecule has 1 atom stereocenters. The lowest BCUT2D eigenvalue weighted by Crippen LogP contribution is -2.55. The van der Waals surface area contributed by atoms with Crippen molar-refractivity contribution in [2.45, 2.75) is 13.0 Å². The van der Waals surface area contributed by atoms with Gasteiger partial charge in [0.15, 0.2) is 0 Å². The monoisotopic (exact) mass is 304 g/mol. The molecule has 3 rings (SSSR count). The Kier molecular flexibility index (Phi) is 3.94. The van der Waals surface area contributed by atoms with Crippen LogP contribution in [0.25, 0.3) is 0 Å². The number of para-hydroxylation sites is 1. The number of ketones is 1. The molecule has 6 heteroatoms. The van der Waals surface area contributed by atoms with Gasteiger partial charge >= 0.3 is 0 Å². The van der Waals surface area contributed by atoms with Gasteiger partial charge < -0.3 is 10.2 Å². The molecule has 21 heavy (non-hydrogen) atoms.